The highest BCUT2D eigenvalue weighted by molar-refractivity contribution is 5.93. The summed E-state index contributed by atoms with van der Waals surface area (Å²) < 4.78 is 0. The molecule has 15 heteroatoms. The van der Waals surface area contributed by atoms with Crippen LogP contribution in [0.2, 0.25) is 0 Å². The van der Waals surface area contributed by atoms with E-state index in [9.17, 15) is 24.6 Å². The predicted octanol–water partition coefficient (Wildman–Crippen LogP) is 5.03. The molecule has 15 nitrogen and oxygen atoms in total. The third-order valence-corrected chi connectivity index (χ3v) is 17.3. The van der Waals surface area contributed by atoms with Crippen molar-refractivity contribution in [1.29, 1.82) is 0 Å². The van der Waals surface area contributed by atoms with Gasteiger partial charge in [0.15, 0.2) is 5.65 Å². The number of carbonyl (C=O) groups excluding carboxylic acids is 3. The van der Waals surface area contributed by atoms with E-state index >= 15 is 0 Å². The number of benzene rings is 2. The van der Waals surface area contributed by atoms with Gasteiger partial charge in [-0.1, -0.05) is 51.0 Å². The molecular formula is C54H68N10O5. The maximum Gasteiger partial charge on any atom is 0.318 e. The monoisotopic (exact) mass is 937 g/mol. The number of fused-ring (bicyclic) bond motifs is 3. The molecule has 0 unspecified atom stereocenters. The molecule has 11 rings (SSSR count). The third kappa shape index (κ3) is 8.44. The molecule has 4 amide bonds. The van der Waals surface area contributed by atoms with Crippen LogP contribution in [0.15, 0.2) is 54.6 Å². The topological polar surface area (TPSA) is 173 Å². The number of urea groups is 1. The van der Waals surface area contributed by atoms with Crippen LogP contribution in [0, 0.1) is 28.6 Å². The number of likely N-dealkylation sites (tertiary alicyclic amines) is 4. The first-order valence-corrected chi connectivity index (χ1v) is 25.4. The van der Waals surface area contributed by atoms with Crippen molar-refractivity contribution in [3.8, 4) is 29.4 Å². The molecule has 6 fully saturated rings. The molecule has 7 heterocycles. The number of aliphatic hydroxyl groups is 1. The zero-order valence-electron chi connectivity index (χ0n) is 40.6. The second-order valence-electron chi connectivity index (χ2n) is 23.0. The average molecular weight is 937 g/mol. The Labute approximate surface area is 405 Å². The maximum atomic E-state index is 14.2. The molecule has 4 atom stereocenters. The molecule has 2 aromatic heterocycles. The number of hydrogen-bond donors (Lipinski definition) is 5. The van der Waals surface area contributed by atoms with Gasteiger partial charge in [0.25, 0.3) is 0 Å². The van der Waals surface area contributed by atoms with E-state index in [2.05, 4.69) is 59.4 Å². The number of amides is 4. The quantitative estimate of drug-likeness (QED) is 0.144. The van der Waals surface area contributed by atoms with Crippen molar-refractivity contribution in [2.45, 2.75) is 128 Å². The standard InChI is InChI=1S/C54H68N10O5/c1-6-34-11-13-35(14-12-34)27-55-49(67)44-21-39(65)28-64(44)50(68)47(52(3,4)5)57-51(69)60-18-15-36(16-19-60)61-29-53(30-61)23-37(24-53)62-31-54(32-62)25-38(26-54)63-20-17-42-46(33(63)2)41-22-43(58-59-48(41)56-42)40-9-7-8-10-45(40)66/h1,7-14,22,33,36-39,44,47,65-66H,15-21,23-32H2,2-5H3,(H,55,67)(H,56,59)(H,57,69)/t33-,39-,44+,47-/m1/s1. The van der Waals surface area contributed by atoms with Crippen LogP contribution >= 0.6 is 0 Å². The van der Waals surface area contributed by atoms with Crippen LogP contribution in [-0.4, -0.2) is 156 Å². The van der Waals surface area contributed by atoms with Gasteiger partial charge < -0.3 is 35.6 Å². The summed E-state index contributed by atoms with van der Waals surface area (Å²) >= 11 is 0. The van der Waals surface area contributed by atoms with E-state index in [1.54, 1.807) is 6.07 Å². The highest BCUT2D eigenvalue weighted by Crippen LogP contribution is 2.58. The van der Waals surface area contributed by atoms with Gasteiger partial charge >= 0.3 is 6.03 Å². The summed E-state index contributed by atoms with van der Waals surface area (Å²) in [6.07, 6.45) is 12.7. The van der Waals surface area contributed by atoms with Crippen LogP contribution in [0.3, 0.4) is 0 Å². The van der Waals surface area contributed by atoms with Gasteiger partial charge in [0.1, 0.15) is 17.8 Å². The summed E-state index contributed by atoms with van der Waals surface area (Å²) in [7, 11) is 0. The number of hydrogen-bond acceptors (Lipinski definition) is 10. The predicted molar refractivity (Wildman–Crippen MR) is 263 cm³/mol. The lowest BCUT2D eigenvalue weighted by atomic mass is 9.55. The van der Waals surface area contributed by atoms with Crippen LogP contribution in [0.1, 0.15) is 101 Å². The van der Waals surface area contributed by atoms with Crippen molar-refractivity contribution >= 4 is 28.9 Å². The first-order valence-electron chi connectivity index (χ1n) is 25.4. The van der Waals surface area contributed by atoms with Crippen molar-refractivity contribution in [2.75, 3.05) is 52.4 Å². The number of phenols is 1. The van der Waals surface area contributed by atoms with Crippen molar-refractivity contribution in [3.63, 3.8) is 0 Å². The van der Waals surface area contributed by atoms with Crippen molar-refractivity contribution in [1.82, 2.24) is 50.3 Å². The minimum atomic E-state index is -0.870. The van der Waals surface area contributed by atoms with Crippen LogP contribution in [0.4, 0.5) is 4.79 Å². The van der Waals surface area contributed by atoms with E-state index in [1.165, 1.54) is 54.9 Å². The summed E-state index contributed by atoms with van der Waals surface area (Å²) in [4.78, 5) is 56.4. The molecule has 0 radical (unpaired) electrons. The largest absolute Gasteiger partial charge is 0.507 e. The lowest BCUT2D eigenvalue weighted by Gasteiger charge is -2.69. The van der Waals surface area contributed by atoms with Gasteiger partial charge in [-0.05, 0) is 103 Å². The van der Waals surface area contributed by atoms with Gasteiger partial charge in [-0.25, -0.2) is 4.79 Å². The number of piperidine rings is 1. The number of nitrogens with one attached hydrogen (secondary N) is 3. The van der Waals surface area contributed by atoms with Crippen molar-refractivity contribution in [3.05, 3.63) is 77.0 Å². The minimum absolute atomic E-state index is 0.0365. The summed E-state index contributed by atoms with van der Waals surface area (Å²) in [6.45, 7) is 15.5. The Hall–Kier alpha value is -5.53. The molecule has 2 aliphatic carbocycles. The summed E-state index contributed by atoms with van der Waals surface area (Å²) in [5.74, 6) is 2.11. The van der Waals surface area contributed by atoms with Gasteiger partial charge in [0.2, 0.25) is 11.8 Å². The highest BCUT2D eigenvalue weighted by Gasteiger charge is 2.61. The van der Waals surface area contributed by atoms with E-state index in [-0.39, 0.29) is 43.1 Å². The van der Waals surface area contributed by atoms with Crippen LogP contribution < -0.4 is 10.6 Å². The number of aromatic hydroxyl groups is 1. The Kier molecular flexibility index (Phi) is 11.6. The molecule has 0 bridgehead atoms. The lowest BCUT2D eigenvalue weighted by molar-refractivity contribution is -0.187. The first-order chi connectivity index (χ1) is 33.1. The van der Waals surface area contributed by atoms with E-state index in [0.29, 0.717) is 59.3 Å². The van der Waals surface area contributed by atoms with Gasteiger partial charge in [0, 0.05) is 118 Å². The number of para-hydroxylation sites is 1. The SMILES string of the molecule is C#Cc1ccc(CNC(=O)[C@@H]2C[C@@H](O)CN2C(=O)[C@@H](NC(=O)N2CCC(N3CC4(CC(N5CC6(CC(N7CCc8[nH]c9nnc(-c%10ccccc%10O)cc9c8[C@H]7C)C6)C5)C4)C3)CC2)C(C)(C)C)cc1. The number of aromatic nitrogens is 3. The molecule has 2 spiro atoms. The summed E-state index contributed by atoms with van der Waals surface area (Å²) in [5.41, 5.74) is 6.74. The Morgan fingerprint density at radius 2 is 1.58 bits per heavy atom. The van der Waals surface area contributed by atoms with Gasteiger partial charge in [-0.3, -0.25) is 24.3 Å². The molecule has 7 aliphatic rings. The lowest BCUT2D eigenvalue weighted by Crippen LogP contribution is -2.74. The zero-order chi connectivity index (χ0) is 48.0. The highest BCUT2D eigenvalue weighted by atomic mass is 16.3. The Balaban J connectivity index is 0.615. The fourth-order valence-corrected chi connectivity index (χ4v) is 13.5. The summed E-state index contributed by atoms with van der Waals surface area (Å²) in [6, 6.07) is 16.9. The second kappa shape index (κ2) is 17.4. The fourth-order valence-electron chi connectivity index (χ4n) is 13.5. The summed E-state index contributed by atoms with van der Waals surface area (Å²) in [5, 5.41) is 37.2. The Morgan fingerprint density at radius 1 is 0.913 bits per heavy atom. The molecular weight excluding hydrogens is 869 g/mol. The number of phenolic OH excluding ortho intramolecular Hbond substituents is 1. The van der Waals surface area contributed by atoms with E-state index in [1.807, 2.05) is 68.1 Å². The van der Waals surface area contributed by atoms with Crippen molar-refractivity contribution in [2.24, 2.45) is 16.2 Å². The van der Waals surface area contributed by atoms with Crippen LogP contribution in [-0.2, 0) is 22.6 Å². The Bertz CT molecular complexity index is 2650. The molecule has 2 saturated carbocycles. The molecule has 5 aliphatic heterocycles. The zero-order valence-corrected chi connectivity index (χ0v) is 40.6. The Morgan fingerprint density at radius 3 is 2.25 bits per heavy atom. The normalized spacial score (nSPS) is 25.6. The number of terminal acetylenes is 1. The average Bonchev–Trinajstić information content (AvgIpc) is 3.87. The number of aliphatic hydroxyl groups excluding tert-OH is 1. The molecule has 4 aromatic rings. The van der Waals surface area contributed by atoms with Gasteiger partial charge in [-0.2, -0.15) is 0 Å². The number of β-amino-alcohol motifs (C(OH)–C–C–N with tert-alkyl or cyclic N) is 1. The minimum Gasteiger partial charge on any atom is -0.507 e. The molecule has 2 aromatic carbocycles. The number of nitrogens with zero attached hydrogens (tertiary/aromatic N) is 7. The van der Waals surface area contributed by atoms with Crippen LogP contribution in [0.25, 0.3) is 22.3 Å². The fraction of sp³-hybridized carbons (Fsp3) is 0.574. The maximum absolute atomic E-state index is 14.2. The number of H-pyrrole nitrogens is 1. The van der Waals surface area contributed by atoms with Crippen LogP contribution in [0.5, 0.6) is 5.75 Å². The third-order valence-electron chi connectivity index (χ3n) is 17.3. The number of rotatable bonds is 9. The van der Waals surface area contributed by atoms with Gasteiger partial charge in [0.05, 0.1) is 11.8 Å². The molecule has 69 heavy (non-hydrogen) atoms. The van der Waals surface area contributed by atoms with E-state index in [4.69, 9.17) is 6.42 Å². The number of aromatic amines is 1. The van der Waals surface area contributed by atoms with Gasteiger partial charge in [-0.15, -0.1) is 16.6 Å². The second-order valence-corrected chi connectivity index (χ2v) is 23.0. The molecule has 4 saturated heterocycles. The molecule has 5 N–H and O–H groups in total. The van der Waals surface area contributed by atoms with E-state index in [0.717, 1.165) is 61.1 Å². The first kappa shape index (κ1) is 45.9. The van der Waals surface area contributed by atoms with Crippen molar-refractivity contribution < 1.29 is 24.6 Å². The molecule has 364 valence electrons. The smallest absolute Gasteiger partial charge is 0.318 e. The van der Waals surface area contributed by atoms with E-state index < -0.39 is 23.6 Å². The number of carbonyl (C=O) groups is 3.